The first-order valence-electron chi connectivity index (χ1n) is 8.26. The van der Waals surface area contributed by atoms with Gasteiger partial charge in [0.05, 0.1) is 18.7 Å². The largest absolute Gasteiger partial charge is 0.465 e. The molecule has 1 saturated heterocycles. The number of nitrogens with zero attached hydrogens (tertiary/aromatic N) is 5. The highest BCUT2D eigenvalue weighted by atomic mass is 35.5. The molecule has 1 aliphatic rings. The lowest BCUT2D eigenvalue weighted by atomic mass is 9.84. The minimum Gasteiger partial charge on any atom is -0.465 e. The van der Waals surface area contributed by atoms with Crippen LogP contribution >= 0.6 is 11.6 Å². The van der Waals surface area contributed by atoms with Gasteiger partial charge in [-0.05, 0) is 26.9 Å². The van der Waals surface area contributed by atoms with Crippen LogP contribution in [0.15, 0.2) is 6.20 Å². The minimum atomic E-state index is -0.942. The molecule has 2 rings (SSSR count). The number of nitro groups is 1. The van der Waals surface area contributed by atoms with Gasteiger partial charge in [0.2, 0.25) is 0 Å². The standard InChI is InChI=1S/C15H24ClN5O5/c1-15(2,3)11-8-18(4-5-20(11)14(23)24)6-10(22)7-19-9-12(21(25)26)17-13(19)16/h9-11,22H,4-8H2,1-3H3,(H,23,24)/t10?,11-/m1/s1. The molecule has 1 unspecified atom stereocenters. The maximum Gasteiger partial charge on any atom is 0.407 e. The fraction of sp³-hybridized carbons (Fsp3) is 0.733. The van der Waals surface area contributed by atoms with Gasteiger partial charge in [-0.25, -0.2) is 4.79 Å². The van der Waals surface area contributed by atoms with Gasteiger partial charge in [-0.15, -0.1) is 0 Å². The summed E-state index contributed by atoms with van der Waals surface area (Å²) < 4.78 is 1.33. The molecule has 2 atom stereocenters. The van der Waals surface area contributed by atoms with Crippen molar-refractivity contribution >= 4 is 23.5 Å². The number of hydrogen-bond donors (Lipinski definition) is 2. The Hall–Kier alpha value is -1.91. The van der Waals surface area contributed by atoms with E-state index in [1.54, 1.807) is 0 Å². The molecule has 11 heteroatoms. The van der Waals surface area contributed by atoms with Gasteiger partial charge in [0.1, 0.15) is 6.20 Å². The molecule has 2 N–H and O–H groups in total. The Morgan fingerprint density at radius 3 is 2.62 bits per heavy atom. The number of aliphatic hydroxyl groups excluding tert-OH is 1. The van der Waals surface area contributed by atoms with Crippen molar-refractivity contribution in [2.75, 3.05) is 26.2 Å². The first-order chi connectivity index (χ1) is 12.0. The summed E-state index contributed by atoms with van der Waals surface area (Å²) in [6.07, 6.45) is -0.577. The van der Waals surface area contributed by atoms with Gasteiger partial charge in [-0.3, -0.25) is 9.47 Å². The number of amides is 1. The number of imidazole rings is 1. The quantitative estimate of drug-likeness (QED) is 0.577. The average Bonchev–Trinajstić information content (AvgIpc) is 2.87. The second-order valence-corrected chi connectivity index (χ2v) is 7.89. The van der Waals surface area contributed by atoms with Crippen molar-refractivity contribution in [1.29, 1.82) is 0 Å². The number of hydrogen-bond acceptors (Lipinski definition) is 6. The lowest BCUT2D eigenvalue weighted by Gasteiger charge is -2.46. The van der Waals surface area contributed by atoms with Gasteiger partial charge >= 0.3 is 17.2 Å². The molecule has 2 heterocycles. The van der Waals surface area contributed by atoms with Crippen molar-refractivity contribution < 1.29 is 19.9 Å². The van der Waals surface area contributed by atoms with E-state index in [1.807, 2.05) is 25.7 Å². The van der Waals surface area contributed by atoms with Crippen LogP contribution < -0.4 is 0 Å². The molecule has 1 aliphatic heterocycles. The third kappa shape index (κ3) is 4.83. The van der Waals surface area contributed by atoms with Crippen LogP contribution in [0, 0.1) is 15.5 Å². The highest BCUT2D eigenvalue weighted by Gasteiger charge is 2.38. The van der Waals surface area contributed by atoms with E-state index in [0.29, 0.717) is 26.2 Å². The third-order valence-electron chi connectivity index (χ3n) is 4.49. The Labute approximate surface area is 156 Å². The highest BCUT2D eigenvalue weighted by Crippen LogP contribution is 2.28. The van der Waals surface area contributed by atoms with Crippen LogP contribution in [0.25, 0.3) is 0 Å². The number of rotatable bonds is 5. The molecule has 1 aromatic heterocycles. The molecule has 10 nitrogen and oxygen atoms in total. The predicted octanol–water partition coefficient (Wildman–Crippen LogP) is 1.52. The Balaban J connectivity index is 2.00. The zero-order valence-corrected chi connectivity index (χ0v) is 15.8. The normalized spacial score (nSPS) is 20.2. The van der Waals surface area contributed by atoms with E-state index in [2.05, 4.69) is 4.98 Å². The molecule has 26 heavy (non-hydrogen) atoms. The topological polar surface area (TPSA) is 125 Å². The van der Waals surface area contributed by atoms with E-state index in [9.17, 15) is 25.1 Å². The summed E-state index contributed by atoms with van der Waals surface area (Å²) in [5.41, 5.74) is -0.240. The first kappa shape index (κ1) is 20.4. The van der Waals surface area contributed by atoms with Gasteiger partial charge in [0, 0.05) is 26.2 Å². The van der Waals surface area contributed by atoms with E-state index < -0.39 is 17.1 Å². The second-order valence-electron chi connectivity index (χ2n) is 7.55. The Bertz CT molecular complexity index is 674. The zero-order chi connectivity index (χ0) is 19.6. The molecule has 0 aliphatic carbocycles. The van der Waals surface area contributed by atoms with E-state index in [-0.39, 0.29) is 29.1 Å². The molecule has 0 saturated carbocycles. The number of β-amino-alcohol motifs (C(OH)–C–C–N with tert-alkyl or cyclic N) is 1. The van der Waals surface area contributed by atoms with Crippen molar-refractivity contribution in [2.24, 2.45) is 5.41 Å². The van der Waals surface area contributed by atoms with Crippen LogP contribution in [0.3, 0.4) is 0 Å². The summed E-state index contributed by atoms with van der Waals surface area (Å²) in [6.45, 7) is 7.70. The maximum atomic E-state index is 11.5. The highest BCUT2D eigenvalue weighted by molar-refractivity contribution is 6.28. The van der Waals surface area contributed by atoms with E-state index >= 15 is 0 Å². The molecule has 146 valence electrons. The van der Waals surface area contributed by atoms with Crippen molar-refractivity contribution in [2.45, 2.75) is 39.5 Å². The average molecular weight is 390 g/mol. The number of carboxylic acid groups (broad SMARTS) is 1. The summed E-state index contributed by atoms with van der Waals surface area (Å²) in [5, 5.41) is 30.4. The van der Waals surface area contributed by atoms with E-state index in [0.717, 1.165) is 0 Å². The number of aromatic nitrogens is 2. The van der Waals surface area contributed by atoms with Gasteiger partial charge < -0.3 is 25.2 Å². The second kappa shape index (κ2) is 7.77. The molecule has 1 fully saturated rings. The van der Waals surface area contributed by atoms with Gasteiger partial charge in [-0.1, -0.05) is 20.8 Å². The lowest BCUT2D eigenvalue weighted by molar-refractivity contribution is -0.389. The molecular weight excluding hydrogens is 366 g/mol. The van der Waals surface area contributed by atoms with Crippen LogP contribution in [0.1, 0.15) is 20.8 Å². The first-order valence-corrected chi connectivity index (χ1v) is 8.64. The van der Waals surface area contributed by atoms with E-state index in [4.69, 9.17) is 11.6 Å². The van der Waals surface area contributed by atoms with Crippen LogP contribution in [0.2, 0.25) is 5.28 Å². The zero-order valence-electron chi connectivity index (χ0n) is 15.0. The van der Waals surface area contributed by atoms with Crippen LogP contribution in [0.4, 0.5) is 10.6 Å². The summed E-state index contributed by atoms with van der Waals surface area (Å²) in [5.74, 6) is -0.370. The fourth-order valence-corrected chi connectivity index (χ4v) is 3.36. The van der Waals surface area contributed by atoms with Crippen molar-refractivity contribution in [3.8, 4) is 0 Å². The Kier molecular flexibility index (Phi) is 6.09. The van der Waals surface area contributed by atoms with Crippen molar-refractivity contribution in [3.63, 3.8) is 0 Å². The molecule has 0 spiro atoms. The van der Waals surface area contributed by atoms with Crippen LogP contribution in [0.5, 0.6) is 0 Å². The number of carbonyl (C=O) groups is 1. The van der Waals surface area contributed by atoms with Crippen LogP contribution in [-0.2, 0) is 6.54 Å². The predicted molar refractivity (Wildman–Crippen MR) is 94.3 cm³/mol. The monoisotopic (exact) mass is 389 g/mol. The van der Waals surface area contributed by atoms with Crippen molar-refractivity contribution in [3.05, 3.63) is 21.6 Å². The maximum absolute atomic E-state index is 11.5. The Morgan fingerprint density at radius 2 is 2.12 bits per heavy atom. The molecule has 0 aromatic carbocycles. The van der Waals surface area contributed by atoms with Crippen LogP contribution in [-0.4, -0.2) is 78.9 Å². The van der Waals surface area contributed by atoms with Gasteiger partial charge in [0.25, 0.3) is 0 Å². The number of aliphatic hydroxyl groups is 1. The SMILES string of the molecule is CC(C)(C)[C@H]1CN(CC(O)Cn2cc([N+](=O)[O-])nc2Cl)CCN1C(=O)O. The fourth-order valence-electron chi connectivity index (χ4n) is 3.15. The summed E-state index contributed by atoms with van der Waals surface area (Å²) >= 11 is 5.86. The number of piperazine rings is 1. The molecule has 1 amide bonds. The van der Waals surface area contributed by atoms with E-state index in [1.165, 1.54) is 15.7 Å². The minimum absolute atomic E-state index is 0.0565. The summed E-state index contributed by atoms with van der Waals surface area (Å²) in [6, 6.07) is -0.195. The number of halogens is 1. The lowest BCUT2D eigenvalue weighted by Crippen LogP contribution is -2.60. The third-order valence-corrected chi connectivity index (χ3v) is 4.79. The van der Waals surface area contributed by atoms with Crippen molar-refractivity contribution in [1.82, 2.24) is 19.4 Å². The van der Waals surface area contributed by atoms with Gasteiger partial charge in [0.15, 0.2) is 0 Å². The van der Waals surface area contributed by atoms with Gasteiger partial charge in [-0.2, -0.15) is 0 Å². The smallest absolute Gasteiger partial charge is 0.407 e. The summed E-state index contributed by atoms with van der Waals surface area (Å²) in [7, 11) is 0. The summed E-state index contributed by atoms with van der Waals surface area (Å²) in [4.78, 5) is 28.6. The molecule has 1 aromatic rings. The molecule has 0 radical (unpaired) electrons. The Morgan fingerprint density at radius 1 is 1.46 bits per heavy atom. The molecular formula is C15H24ClN5O5. The molecule has 0 bridgehead atoms.